The van der Waals surface area contributed by atoms with Crippen LogP contribution in [0.1, 0.15) is 64.2 Å². The van der Waals surface area contributed by atoms with Crippen LogP contribution in [0.15, 0.2) is 72.8 Å². The summed E-state index contributed by atoms with van der Waals surface area (Å²) in [7, 11) is 0. The molecule has 5 aromatic rings. The normalized spacial score (nSPS) is 11.8. The summed E-state index contributed by atoms with van der Waals surface area (Å²) >= 11 is 0. The maximum absolute atomic E-state index is 12.7. The van der Waals surface area contributed by atoms with Crippen LogP contribution in [0.3, 0.4) is 0 Å². The zero-order valence-corrected chi connectivity index (χ0v) is 24.6. The smallest absolute Gasteiger partial charge is 0.340 e. The number of hydrogen-bond donors (Lipinski definition) is 6. The quantitative estimate of drug-likeness (QED) is 0.112. The molecule has 0 amide bonds. The van der Waals surface area contributed by atoms with E-state index in [0.717, 1.165) is 0 Å². The van der Waals surface area contributed by atoms with E-state index < -0.39 is 23.9 Å². The summed E-state index contributed by atoms with van der Waals surface area (Å²) in [5.74, 6) is -4.70. The highest BCUT2D eigenvalue weighted by Gasteiger charge is 2.21. The summed E-state index contributed by atoms with van der Waals surface area (Å²) in [5.41, 5.74) is 4.30. The number of nitrogens with one attached hydrogen (secondary N) is 2. The van der Waals surface area contributed by atoms with Crippen LogP contribution in [0.4, 0.5) is 0 Å². The van der Waals surface area contributed by atoms with Crippen molar-refractivity contribution in [1.82, 2.24) is 19.9 Å². The van der Waals surface area contributed by atoms with Gasteiger partial charge in [0.15, 0.2) is 0 Å². The summed E-state index contributed by atoms with van der Waals surface area (Å²) in [4.78, 5) is 64.2. The summed E-state index contributed by atoms with van der Waals surface area (Å²) in [6, 6.07) is 18.6. The van der Waals surface area contributed by atoms with E-state index in [1.165, 1.54) is 24.3 Å². The first-order valence-corrected chi connectivity index (χ1v) is 14.4. The molecule has 234 valence electrons. The molecule has 48 heavy (non-hydrogen) atoms. The molecule has 0 unspecified atom stereocenters. The first-order chi connectivity index (χ1) is 23.1. The minimum atomic E-state index is -1.24. The molecule has 6 N–H and O–H groups in total. The van der Waals surface area contributed by atoms with Crippen LogP contribution in [0, 0.1) is 0 Å². The fourth-order valence-electron chi connectivity index (χ4n) is 5.82. The Labute approximate surface area is 269 Å². The lowest BCUT2D eigenvalue weighted by molar-refractivity contribution is 0.0686. The second kappa shape index (κ2) is 11.4. The van der Waals surface area contributed by atoms with Gasteiger partial charge in [-0.1, -0.05) is 24.3 Å². The van der Waals surface area contributed by atoms with Crippen molar-refractivity contribution in [3.8, 4) is 22.3 Å². The molecular formula is C36H22N4O8. The van der Waals surface area contributed by atoms with Crippen molar-refractivity contribution in [2.24, 2.45) is 0 Å². The number of aromatic amines is 2. The highest BCUT2D eigenvalue weighted by Crippen LogP contribution is 2.34. The fraction of sp³-hybridized carbons (Fsp3) is 0. The maximum atomic E-state index is 12.7. The number of carboxylic acid groups (broad SMARTS) is 4. The molecule has 3 aromatic heterocycles. The number of rotatable bonds is 6. The van der Waals surface area contributed by atoms with Crippen LogP contribution in [-0.4, -0.2) is 64.2 Å². The molecule has 5 heterocycles. The third-order valence-electron chi connectivity index (χ3n) is 8.02. The van der Waals surface area contributed by atoms with E-state index >= 15 is 0 Å². The van der Waals surface area contributed by atoms with Gasteiger partial charge in [-0.3, -0.25) is 0 Å². The number of carboxylic acids is 4. The molecule has 0 spiro atoms. The number of carbonyl (C=O) groups is 4. The SMILES string of the molecule is O=C(O)c1ccc(-c2c3nc(c(C(=O)O)c4ccc([nH]4)c(-c4ccc(C(=O)O)cc4)c4nc(c(C(=O)O)c5ccc2[nH]5)C=C4)C=C3)cc1. The van der Waals surface area contributed by atoms with Gasteiger partial charge in [-0.05, 0) is 84.0 Å². The number of benzene rings is 2. The summed E-state index contributed by atoms with van der Waals surface area (Å²) in [6.45, 7) is 0. The summed E-state index contributed by atoms with van der Waals surface area (Å²) in [5, 5.41) is 39.6. The third kappa shape index (κ3) is 5.08. The zero-order valence-electron chi connectivity index (χ0n) is 24.6. The monoisotopic (exact) mass is 638 g/mol. The number of aromatic nitrogens is 4. The van der Waals surface area contributed by atoms with Crippen molar-refractivity contribution < 1.29 is 39.6 Å². The van der Waals surface area contributed by atoms with Crippen molar-refractivity contribution in [3.63, 3.8) is 0 Å². The lowest BCUT2D eigenvalue weighted by Gasteiger charge is -2.05. The number of aromatic carboxylic acids is 4. The van der Waals surface area contributed by atoms with E-state index in [9.17, 15) is 39.6 Å². The number of fused-ring (bicyclic) bond motifs is 8. The van der Waals surface area contributed by atoms with Crippen molar-refractivity contribution in [3.05, 3.63) is 118 Å². The minimum Gasteiger partial charge on any atom is -0.478 e. The molecular weight excluding hydrogens is 616 g/mol. The molecule has 0 radical (unpaired) electrons. The van der Waals surface area contributed by atoms with E-state index in [1.54, 1.807) is 72.8 Å². The standard InChI is InChI=1S/C36H22N4O8/c41-33(42)19-5-1-17(2-6-19)29-21-9-13-25(37-21)31(35(45)46)27-15-11-23(39-27)30(18-3-7-20(8-4-18)34(43)44)24-12-16-28(40-24)32(36(47)48)26-14-10-22(29)38-26/h1-16,37,40H,(H,41,42)(H,43,44)(H,45,46)(H,47,48). The first-order valence-electron chi connectivity index (χ1n) is 14.4. The van der Waals surface area contributed by atoms with Crippen molar-refractivity contribution in [2.45, 2.75) is 0 Å². The van der Waals surface area contributed by atoms with Crippen LogP contribution >= 0.6 is 0 Å². The Morgan fingerprint density at radius 2 is 0.750 bits per heavy atom. The maximum Gasteiger partial charge on any atom is 0.340 e. The Hall–Kier alpha value is -7.08. The zero-order chi connectivity index (χ0) is 33.7. The van der Waals surface area contributed by atoms with Gasteiger partial charge in [0.2, 0.25) is 0 Å². The van der Waals surface area contributed by atoms with E-state index in [0.29, 0.717) is 44.7 Å². The largest absolute Gasteiger partial charge is 0.478 e. The fourth-order valence-corrected chi connectivity index (χ4v) is 5.82. The van der Waals surface area contributed by atoms with Crippen molar-refractivity contribution >= 4 is 70.2 Å². The minimum absolute atomic E-state index is 0.0634. The predicted molar refractivity (Wildman–Crippen MR) is 178 cm³/mol. The van der Waals surface area contributed by atoms with Gasteiger partial charge in [-0.2, -0.15) is 0 Å². The van der Waals surface area contributed by atoms with Gasteiger partial charge in [0.05, 0.1) is 44.9 Å². The predicted octanol–water partition coefficient (Wildman–Crippen LogP) is 6.78. The Morgan fingerprint density at radius 1 is 0.417 bits per heavy atom. The molecule has 12 heteroatoms. The van der Waals surface area contributed by atoms with Gasteiger partial charge in [-0.25, -0.2) is 29.1 Å². The van der Waals surface area contributed by atoms with Crippen LogP contribution < -0.4 is 0 Å². The van der Waals surface area contributed by atoms with E-state index in [-0.39, 0.29) is 44.7 Å². The van der Waals surface area contributed by atoms with E-state index in [4.69, 9.17) is 0 Å². The average molecular weight is 639 g/mol. The lowest BCUT2D eigenvalue weighted by atomic mass is 10.0. The molecule has 0 atom stereocenters. The second-order valence-electron chi connectivity index (χ2n) is 10.9. The molecule has 2 aromatic carbocycles. The van der Waals surface area contributed by atoms with E-state index in [1.807, 2.05) is 0 Å². The Bertz CT molecular complexity index is 2280. The van der Waals surface area contributed by atoms with Gasteiger partial charge >= 0.3 is 23.9 Å². The van der Waals surface area contributed by atoms with Gasteiger partial charge in [0, 0.05) is 22.2 Å². The molecule has 7 rings (SSSR count). The Kier molecular flexibility index (Phi) is 7.02. The molecule has 8 bridgehead atoms. The number of H-pyrrole nitrogens is 2. The van der Waals surface area contributed by atoms with Gasteiger partial charge < -0.3 is 30.4 Å². The lowest BCUT2D eigenvalue weighted by Crippen LogP contribution is -2.01. The van der Waals surface area contributed by atoms with Gasteiger partial charge in [0.25, 0.3) is 0 Å². The molecule has 2 aliphatic heterocycles. The van der Waals surface area contributed by atoms with Crippen LogP contribution in [-0.2, 0) is 0 Å². The number of nitrogens with zero attached hydrogens (tertiary/aromatic N) is 2. The Morgan fingerprint density at radius 3 is 1.08 bits per heavy atom. The average Bonchev–Trinajstić information content (AvgIpc) is 3.88. The molecule has 2 aliphatic rings. The first kappa shape index (κ1) is 29.6. The van der Waals surface area contributed by atoms with Crippen LogP contribution in [0.5, 0.6) is 0 Å². The topological polar surface area (TPSA) is 207 Å². The van der Waals surface area contributed by atoms with Crippen LogP contribution in [0.25, 0.3) is 68.6 Å². The molecule has 0 fully saturated rings. The molecule has 0 aliphatic carbocycles. The summed E-state index contributed by atoms with van der Waals surface area (Å²) in [6.07, 6.45) is 6.38. The highest BCUT2D eigenvalue weighted by atomic mass is 16.4. The van der Waals surface area contributed by atoms with Gasteiger partial charge in [-0.15, -0.1) is 0 Å². The van der Waals surface area contributed by atoms with Crippen molar-refractivity contribution in [1.29, 1.82) is 0 Å². The molecule has 0 saturated heterocycles. The summed E-state index contributed by atoms with van der Waals surface area (Å²) < 4.78 is 0. The molecule has 12 nitrogen and oxygen atoms in total. The van der Waals surface area contributed by atoms with Crippen molar-refractivity contribution in [2.75, 3.05) is 0 Å². The Balaban J connectivity index is 1.63. The number of hydrogen-bond acceptors (Lipinski definition) is 6. The van der Waals surface area contributed by atoms with Crippen LogP contribution in [0.2, 0.25) is 0 Å². The van der Waals surface area contributed by atoms with E-state index in [2.05, 4.69) is 19.9 Å². The van der Waals surface area contributed by atoms with Gasteiger partial charge in [0.1, 0.15) is 11.1 Å². The highest BCUT2D eigenvalue weighted by molar-refractivity contribution is 6.05. The second-order valence-corrected chi connectivity index (χ2v) is 10.9. The third-order valence-corrected chi connectivity index (χ3v) is 8.02. The molecule has 0 saturated carbocycles.